The Labute approximate surface area is 276 Å². The number of piperazine rings is 1. The van der Waals surface area contributed by atoms with Crippen LogP contribution < -0.4 is 15.4 Å². The number of aromatic nitrogens is 4. The zero-order valence-electron chi connectivity index (χ0n) is 28.4. The van der Waals surface area contributed by atoms with Gasteiger partial charge in [0.05, 0.1) is 5.69 Å². The van der Waals surface area contributed by atoms with Gasteiger partial charge in [-0.05, 0) is 83.6 Å². The van der Waals surface area contributed by atoms with Crippen LogP contribution in [-0.4, -0.2) is 91.8 Å². The molecule has 2 N–H and O–H groups in total. The summed E-state index contributed by atoms with van der Waals surface area (Å²) in [5, 5.41) is 9.75. The molecule has 0 radical (unpaired) electrons. The molecular weight excluding hydrogens is 600 g/mol. The average molecular weight is 647 g/mol. The van der Waals surface area contributed by atoms with Crippen molar-refractivity contribution in [3.05, 3.63) is 64.9 Å². The summed E-state index contributed by atoms with van der Waals surface area (Å²) in [6.07, 6.45) is 5.08. The normalized spacial score (nSPS) is 17.6. The van der Waals surface area contributed by atoms with Crippen molar-refractivity contribution in [3.8, 4) is 5.75 Å². The smallest absolute Gasteiger partial charge is 0.410 e. The second-order valence-corrected chi connectivity index (χ2v) is 13.4. The molecule has 3 amide bonds. The number of amides is 3. The predicted molar refractivity (Wildman–Crippen MR) is 177 cm³/mol. The number of carbonyl (C=O) groups is 3. The predicted octanol–water partition coefficient (Wildman–Crippen LogP) is 4.46. The Bertz CT molecular complexity index is 1590. The third-order valence-electron chi connectivity index (χ3n) is 8.12. The van der Waals surface area contributed by atoms with E-state index in [-0.39, 0.29) is 29.3 Å². The number of nitrogens with zero attached hydrogens (tertiary/aromatic N) is 6. The largest absolute Gasteiger partial charge is 0.480 e. The first-order valence-corrected chi connectivity index (χ1v) is 16.3. The Balaban J connectivity index is 1.41. The summed E-state index contributed by atoms with van der Waals surface area (Å²) < 4.78 is 13.9. The molecule has 1 saturated carbocycles. The highest BCUT2D eigenvalue weighted by atomic mass is 16.6. The number of rotatable bonds is 10. The Morgan fingerprint density at radius 2 is 1.85 bits per heavy atom. The van der Waals surface area contributed by atoms with E-state index in [1.807, 2.05) is 46.9 Å². The maximum Gasteiger partial charge on any atom is 0.410 e. The van der Waals surface area contributed by atoms with Crippen molar-refractivity contribution in [2.75, 3.05) is 38.0 Å². The summed E-state index contributed by atoms with van der Waals surface area (Å²) in [6.45, 7) is 13.7. The van der Waals surface area contributed by atoms with Crippen LogP contribution in [0.5, 0.6) is 5.75 Å². The van der Waals surface area contributed by atoms with E-state index in [1.54, 1.807) is 41.9 Å². The van der Waals surface area contributed by atoms with Gasteiger partial charge in [0, 0.05) is 64.3 Å². The van der Waals surface area contributed by atoms with E-state index >= 15 is 0 Å². The van der Waals surface area contributed by atoms with E-state index in [0.29, 0.717) is 55.7 Å². The SMILES string of the molecule is CCNC(=O)c1nc(C(=O)Nc2ccn(C)n2)c(C)cc1O[C@H](CN1CCN(C(=O)OC(C)(C)C)[C@H](C)C1)c1ccc(C2CC2)cn1. The molecule has 13 nitrogen and oxygen atoms in total. The molecule has 3 aromatic heterocycles. The average Bonchev–Trinajstić information content (AvgIpc) is 3.77. The van der Waals surface area contributed by atoms with Gasteiger partial charge in [-0.15, -0.1) is 0 Å². The number of aryl methyl sites for hydroxylation is 2. The lowest BCUT2D eigenvalue weighted by Gasteiger charge is -2.41. The lowest BCUT2D eigenvalue weighted by atomic mass is 10.1. The number of hydrogen-bond donors (Lipinski definition) is 2. The fraction of sp³-hybridized carbons (Fsp3) is 0.529. The van der Waals surface area contributed by atoms with Crippen LogP contribution >= 0.6 is 0 Å². The van der Waals surface area contributed by atoms with Crippen molar-refractivity contribution in [1.82, 2.24) is 34.9 Å². The van der Waals surface area contributed by atoms with Crippen molar-refractivity contribution in [3.63, 3.8) is 0 Å². The highest BCUT2D eigenvalue weighted by Gasteiger charge is 2.33. The van der Waals surface area contributed by atoms with Gasteiger partial charge >= 0.3 is 6.09 Å². The van der Waals surface area contributed by atoms with Gasteiger partial charge in [0.1, 0.15) is 11.3 Å². The van der Waals surface area contributed by atoms with Gasteiger partial charge in [-0.1, -0.05) is 6.07 Å². The molecule has 0 unspecified atom stereocenters. The zero-order valence-corrected chi connectivity index (χ0v) is 28.4. The summed E-state index contributed by atoms with van der Waals surface area (Å²) in [5.41, 5.74) is 1.99. The molecule has 0 bridgehead atoms. The molecule has 1 aliphatic heterocycles. The Morgan fingerprint density at radius 1 is 1.09 bits per heavy atom. The molecule has 252 valence electrons. The Hall–Kier alpha value is -4.52. The fourth-order valence-electron chi connectivity index (χ4n) is 5.61. The minimum atomic E-state index is -0.576. The van der Waals surface area contributed by atoms with Gasteiger partial charge in [0.25, 0.3) is 11.8 Å². The first-order chi connectivity index (χ1) is 22.3. The maximum atomic E-state index is 13.3. The number of pyridine rings is 2. The van der Waals surface area contributed by atoms with Crippen LogP contribution in [0.3, 0.4) is 0 Å². The van der Waals surface area contributed by atoms with E-state index in [9.17, 15) is 14.4 Å². The van der Waals surface area contributed by atoms with Crippen molar-refractivity contribution >= 4 is 23.7 Å². The topological polar surface area (TPSA) is 144 Å². The van der Waals surface area contributed by atoms with Gasteiger partial charge in [0.2, 0.25) is 0 Å². The molecule has 4 heterocycles. The van der Waals surface area contributed by atoms with E-state index in [0.717, 1.165) is 0 Å². The van der Waals surface area contributed by atoms with Crippen molar-refractivity contribution in [2.45, 2.75) is 78.0 Å². The van der Waals surface area contributed by atoms with Gasteiger partial charge in [-0.25, -0.2) is 9.78 Å². The van der Waals surface area contributed by atoms with E-state index in [1.165, 1.54) is 18.4 Å². The van der Waals surface area contributed by atoms with Gasteiger partial charge in [0.15, 0.2) is 23.4 Å². The zero-order chi connectivity index (χ0) is 33.9. The van der Waals surface area contributed by atoms with E-state index in [4.69, 9.17) is 14.5 Å². The van der Waals surface area contributed by atoms with E-state index in [2.05, 4.69) is 31.7 Å². The molecule has 47 heavy (non-hydrogen) atoms. The minimum Gasteiger partial charge on any atom is -0.480 e. The van der Waals surface area contributed by atoms with Gasteiger partial charge < -0.3 is 25.0 Å². The molecule has 5 rings (SSSR count). The minimum absolute atomic E-state index is 0.00587. The Kier molecular flexibility index (Phi) is 10.1. The number of anilines is 1. The Morgan fingerprint density at radius 3 is 2.45 bits per heavy atom. The molecule has 0 spiro atoms. The monoisotopic (exact) mass is 646 g/mol. The number of ether oxygens (including phenoxy) is 2. The van der Waals surface area contributed by atoms with Crippen LogP contribution in [0, 0.1) is 6.92 Å². The van der Waals surface area contributed by atoms with Crippen LogP contribution in [-0.2, 0) is 11.8 Å². The van der Waals surface area contributed by atoms with Crippen LogP contribution in [0.4, 0.5) is 10.6 Å². The first-order valence-electron chi connectivity index (χ1n) is 16.3. The van der Waals surface area contributed by atoms with Crippen LogP contribution in [0.25, 0.3) is 0 Å². The van der Waals surface area contributed by atoms with Crippen LogP contribution in [0.2, 0.25) is 0 Å². The van der Waals surface area contributed by atoms with Gasteiger partial charge in [-0.3, -0.25) is 24.2 Å². The molecule has 2 aliphatic rings. The van der Waals surface area contributed by atoms with Crippen molar-refractivity contribution in [2.24, 2.45) is 7.05 Å². The standard InChI is InChI=1S/C34H46N8O5/c1-8-35-31(43)30-26(17-21(2)29(38-30)32(44)37-28-13-14-40(7)39-28)46-27(25-12-11-24(18-36-25)23-9-10-23)20-41-15-16-42(22(3)19-41)33(45)47-34(4,5)6/h11-14,17-18,22-23,27H,8-10,15-16,19-20H2,1-7H3,(H,35,43)(H,37,39,44)/t22-,27-/m1/s1. The van der Waals surface area contributed by atoms with Gasteiger partial charge in [-0.2, -0.15) is 5.10 Å². The van der Waals surface area contributed by atoms with E-state index < -0.39 is 23.5 Å². The highest BCUT2D eigenvalue weighted by Crippen LogP contribution is 2.40. The molecule has 2 fully saturated rings. The quantitative estimate of drug-likeness (QED) is 0.326. The summed E-state index contributed by atoms with van der Waals surface area (Å²) in [5.74, 6) is 0.245. The van der Waals surface area contributed by atoms with Crippen molar-refractivity contribution in [1.29, 1.82) is 0 Å². The second kappa shape index (κ2) is 14.1. The fourth-order valence-corrected chi connectivity index (χ4v) is 5.61. The third kappa shape index (κ3) is 8.64. The summed E-state index contributed by atoms with van der Waals surface area (Å²) >= 11 is 0. The number of carbonyl (C=O) groups excluding carboxylic acids is 3. The first kappa shape index (κ1) is 33.8. The van der Waals surface area contributed by atoms with Crippen LogP contribution in [0.15, 0.2) is 36.7 Å². The molecule has 13 heteroatoms. The summed E-state index contributed by atoms with van der Waals surface area (Å²) in [7, 11) is 1.75. The molecule has 1 aliphatic carbocycles. The van der Waals surface area contributed by atoms with Crippen molar-refractivity contribution < 1.29 is 23.9 Å². The lowest BCUT2D eigenvalue weighted by molar-refractivity contribution is -0.00318. The molecule has 1 saturated heterocycles. The molecule has 2 atom stereocenters. The molecule has 0 aromatic carbocycles. The summed E-state index contributed by atoms with van der Waals surface area (Å²) in [6, 6.07) is 7.35. The third-order valence-corrected chi connectivity index (χ3v) is 8.12. The number of hydrogen-bond acceptors (Lipinski definition) is 9. The number of nitrogens with one attached hydrogen (secondary N) is 2. The maximum absolute atomic E-state index is 13.3. The molecular formula is C34H46N8O5. The second-order valence-electron chi connectivity index (χ2n) is 13.4. The lowest BCUT2D eigenvalue weighted by Crippen LogP contribution is -2.55. The highest BCUT2D eigenvalue weighted by molar-refractivity contribution is 6.05. The molecule has 3 aromatic rings. The summed E-state index contributed by atoms with van der Waals surface area (Å²) in [4.78, 5) is 52.7. The van der Waals surface area contributed by atoms with Crippen LogP contribution in [0.1, 0.15) is 97.3 Å².